The quantitative estimate of drug-likeness (QED) is 0.142. The number of aliphatic hydroxyl groups is 1. The second-order valence-corrected chi connectivity index (χ2v) is 11.7. The van der Waals surface area contributed by atoms with Crippen molar-refractivity contribution < 1.29 is 27.4 Å². The summed E-state index contributed by atoms with van der Waals surface area (Å²) in [7, 11) is 0. The highest BCUT2D eigenvalue weighted by Gasteiger charge is 2.31. The number of rotatable bonds is 10. The third-order valence-corrected chi connectivity index (χ3v) is 8.44. The Morgan fingerprint density at radius 3 is 2.49 bits per heavy atom. The van der Waals surface area contributed by atoms with Crippen LogP contribution in [0.3, 0.4) is 0 Å². The lowest BCUT2D eigenvalue weighted by atomic mass is 10.0. The van der Waals surface area contributed by atoms with Gasteiger partial charge in [-0.05, 0) is 68.1 Å². The van der Waals surface area contributed by atoms with Crippen LogP contribution in [0.4, 0.5) is 23.2 Å². The van der Waals surface area contributed by atoms with E-state index in [-0.39, 0.29) is 11.8 Å². The molecule has 0 aliphatic carbocycles. The number of nitrogens with one attached hydrogen (secondary N) is 1. The summed E-state index contributed by atoms with van der Waals surface area (Å²) in [6, 6.07) is 19.5. The first-order valence-electron chi connectivity index (χ1n) is 14.6. The molecule has 1 aliphatic rings. The van der Waals surface area contributed by atoms with Gasteiger partial charge in [0, 0.05) is 29.1 Å². The average molecular weight is 643 g/mol. The number of aryl methyl sites for hydroxylation is 1. The Morgan fingerprint density at radius 1 is 1.09 bits per heavy atom. The number of nitrogens with zero attached hydrogens (tertiary/aromatic N) is 5. The number of aromatic nitrogens is 3. The minimum Gasteiger partial charge on any atom is -0.406 e. The number of alkyl halides is 4. The summed E-state index contributed by atoms with van der Waals surface area (Å²) < 4.78 is 58.1. The highest BCUT2D eigenvalue weighted by atomic mass is 32.2. The minimum absolute atomic E-state index is 0.203. The molecule has 0 amide bonds. The maximum absolute atomic E-state index is 15.5. The van der Waals surface area contributed by atoms with E-state index in [0.29, 0.717) is 27.8 Å². The number of amidine groups is 1. The maximum Gasteiger partial charge on any atom is 0.573 e. The highest BCUT2D eigenvalue weighted by molar-refractivity contribution is 8.14. The summed E-state index contributed by atoms with van der Waals surface area (Å²) in [5.74, 6) is 0.897. The molecule has 0 bridgehead atoms. The molecule has 4 atom stereocenters. The molecule has 1 saturated heterocycles. The van der Waals surface area contributed by atoms with E-state index in [1.165, 1.54) is 40.8 Å². The van der Waals surface area contributed by atoms with Crippen LogP contribution in [0.25, 0.3) is 17.1 Å². The van der Waals surface area contributed by atoms with Crippen LogP contribution in [0.1, 0.15) is 44.5 Å². The van der Waals surface area contributed by atoms with E-state index in [0.717, 1.165) is 24.3 Å². The third-order valence-electron chi connectivity index (χ3n) is 7.44. The molecular formula is C32H34F4N6O2S. The smallest absolute Gasteiger partial charge is 0.406 e. The largest absolute Gasteiger partial charge is 0.573 e. The fourth-order valence-corrected chi connectivity index (χ4v) is 6.31. The molecule has 0 spiro atoms. The first kappa shape index (κ1) is 32.5. The monoisotopic (exact) mass is 642 g/mol. The van der Waals surface area contributed by atoms with Gasteiger partial charge in [-0.3, -0.25) is 5.32 Å². The Balaban J connectivity index is 1.23. The van der Waals surface area contributed by atoms with Crippen LogP contribution >= 0.6 is 11.8 Å². The fourth-order valence-electron chi connectivity index (χ4n) is 5.08. The molecule has 3 aromatic carbocycles. The molecular weight excluding hydrogens is 608 g/mol. The average Bonchev–Trinajstić information content (AvgIpc) is 3.51. The van der Waals surface area contributed by atoms with Crippen molar-refractivity contribution in [3.05, 3.63) is 90.3 Å². The van der Waals surface area contributed by atoms with Crippen LogP contribution in [0.2, 0.25) is 0 Å². The van der Waals surface area contributed by atoms with Gasteiger partial charge in [-0.1, -0.05) is 61.2 Å². The number of ether oxygens (including phenoxy) is 1. The first-order chi connectivity index (χ1) is 21.5. The van der Waals surface area contributed by atoms with Crippen molar-refractivity contribution in [2.75, 3.05) is 10.7 Å². The summed E-state index contributed by atoms with van der Waals surface area (Å²) in [6.07, 6.45) is -4.23. The number of hydrogen-bond acceptors (Lipinski definition) is 7. The number of benzene rings is 3. The second kappa shape index (κ2) is 14.0. The van der Waals surface area contributed by atoms with E-state index in [1.807, 2.05) is 12.1 Å². The van der Waals surface area contributed by atoms with E-state index in [9.17, 15) is 18.3 Å². The van der Waals surface area contributed by atoms with Gasteiger partial charge in [0.05, 0.1) is 5.69 Å². The van der Waals surface area contributed by atoms with Crippen molar-refractivity contribution in [2.45, 2.75) is 64.6 Å². The number of thioether (sulfide) groups is 1. The van der Waals surface area contributed by atoms with Crippen LogP contribution in [0.5, 0.6) is 5.75 Å². The Kier molecular flexibility index (Phi) is 10.1. The van der Waals surface area contributed by atoms with E-state index < -0.39 is 24.9 Å². The van der Waals surface area contributed by atoms with Gasteiger partial charge in [-0.15, -0.1) is 18.3 Å². The SMILES string of the molecule is CCc1ccccc1N1/C(=N/C(O)NC(C)C(F)c2ccc(-c3ncn(-c4ccc(OC(F)(F)F)cc4)n3)cc2)SCCC1C. The number of anilines is 1. The molecule has 5 rings (SSSR count). The molecule has 4 aromatic rings. The van der Waals surface area contributed by atoms with Crippen LogP contribution in [-0.2, 0) is 6.42 Å². The summed E-state index contributed by atoms with van der Waals surface area (Å²) in [5, 5.41) is 18.8. The van der Waals surface area contributed by atoms with Gasteiger partial charge < -0.3 is 14.7 Å². The van der Waals surface area contributed by atoms with Gasteiger partial charge in [0.2, 0.25) is 6.35 Å². The predicted octanol–water partition coefficient (Wildman–Crippen LogP) is 7.05. The summed E-state index contributed by atoms with van der Waals surface area (Å²) in [6.45, 7) is 5.89. The molecule has 0 radical (unpaired) electrons. The number of aliphatic imine (C=N–C) groups is 1. The zero-order valence-electron chi connectivity index (χ0n) is 24.9. The van der Waals surface area contributed by atoms with E-state index >= 15 is 4.39 Å². The van der Waals surface area contributed by atoms with Crippen molar-refractivity contribution in [3.63, 3.8) is 0 Å². The van der Waals surface area contributed by atoms with Crippen molar-refractivity contribution in [2.24, 2.45) is 4.99 Å². The molecule has 0 saturated carbocycles. The van der Waals surface area contributed by atoms with Gasteiger partial charge in [-0.2, -0.15) is 0 Å². The fraction of sp³-hybridized carbons (Fsp3) is 0.344. The van der Waals surface area contributed by atoms with E-state index in [2.05, 4.69) is 56.0 Å². The maximum atomic E-state index is 15.5. The van der Waals surface area contributed by atoms with Crippen LogP contribution < -0.4 is 15.0 Å². The number of para-hydroxylation sites is 1. The van der Waals surface area contributed by atoms with Crippen molar-refractivity contribution in [1.29, 1.82) is 0 Å². The predicted molar refractivity (Wildman–Crippen MR) is 168 cm³/mol. The zero-order chi connectivity index (χ0) is 32.1. The molecule has 1 aromatic heterocycles. The molecule has 238 valence electrons. The van der Waals surface area contributed by atoms with Crippen LogP contribution in [0.15, 0.2) is 84.1 Å². The molecule has 13 heteroatoms. The number of aliphatic hydroxyl groups excluding tert-OH is 1. The minimum atomic E-state index is -4.77. The van der Waals surface area contributed by atoms with Crippen LogP contribution in [-0.4, -0.2) is 55.6 Å². The Bertz CT molecular complexity index is 1600. The van der Waals surface area contributed by atoms with Crippen molar-refractivity contribution in [1.82, 2.24) is 20.1 Å². The summed E-state index contributed by atoms with van der Waals surface area (Å²) in [4.78, 5) is 11.0. The van der Waals surface area contributed by atoms with E-state index in [4.69, 9.17) is 0 Å². The summed E-state index contributed by atoms with van der Waals surface area (Å²) in [5.41, 5.74) is 3.78. The second-order valence-electron chi connectivity index (χ2n) is 10.7. The molecule has 2 heterocycles. The zero-order valence-corrected chi connectivity index (χ0v) is 25.8. The Hall–Kier alpha value is -3.94. The van der Waals surface area contributed by atoms with Gasteiger partial charge in [0.15, 0.2) is 11.0 Å². The topological polar surface area (TPSA) is 87.8 Å². The van der Waals surface area contributed by atoms with E-state index in [1.54, 1.807) is 43.0 Å². The van der Waals surface area contributed by atoms with Crippen LogP contribution in [0, 0.1) is 0 Å². The molecule has 1 fully saturated rings. The molecule has 1 aliphatic heterocycles. The third kappa shape index (κ3) is 8.02. The van der Waals surface area contributed by atoms with Gasteiger partial charge in [0.25, 0.3) is 0 Å². The molecule has 45 heavy (non-hydrogen) atoms. The number of halogens is 4. The molecule has 8 nitrogen and oxygen atoms in total. The number of hydrogen-bond donors (Lipinski definition) is 2. The van der Waals surface area contributed by atoms with Gasteiger partial charge in [0.1, 0.15) is 18.2 Å². The first-order valence-corrected chi connectivity index (χ1v) is 15.5. The van der Waals surface area contributed by atoms with Crippen molar-refractivity contribution in [3.8, 4) is 22.8 Å². The molecule has 4 unspecified atom stereocenters. The standard InChI is InChI=1S/C32H34F4N6O2S/c1-4-22-7-5-6-8-27(22)42-20(2)17-18-45-31(42)39-30(43)38-21(3)28(33)23-9-11-24(12-10-23)29-37-19-41(40-29)25-13-15-26(16-14-25)44-32(34,35)36/h5-16,19-21,28,30,38,43H,4,17-18H2,1-3H3/b39-31-. The lowest BCUT2D eigenvalue weighted by Crippen LogP contribution is -2.44. The van der Waals surface area contributed by atoms with Gasteiger partial charge >= 0.3 is 6.36 Å². The lowest BCUT2D eigenvalue weighted by molar-refractivity contribution is -0.274. The lowest BCUT2D eigenvalue weighted by Gasteiger charge is -2.37. The van der Waals surface area contributed by atoms with Crippen molar-refractivity contribution >= 4 is 22.6 Å². The summed E-state index contributed by atoms with van der Waals surface area (Å²) >= 11 is 1.57. The highest BCUT2D eigenvalue weighted by Crippen LogP contribution is 2.32. The Morgan fingerprint density at radius 2 is 1.80 bits per heavy atom. The normalized spacial score (nSPS) is 18.5. The Labute approximate surface area is 263 Å². The van der Waals surface area contributed by atoms with Gasteiger partial charge in [-0.25, -0.2) is 19.0 Å². The molecule has 2 N–H and O–H groups in total.